The molecule has 2 saturated heterocycles. The molecule has 11 atom stereocenters. The summed E-state index contributed by atoms with van der Waals surface area (Å²) < 4.78 is 62.8. The van der Waals surface area contributed by atoms with Crippen LogP contribution in [-0.2, 0) is 87.5 Å². The van der Waals surface area contributed by atoms with E-state index in [1.807, 2.05) is 59.7 Å². The van der Waals surface area contributed by atoms with Gasteiger partial charge in [0.2, 0.25) is 5.78 Å². The Balaban J connectivity index is 0.000000260. The third-order valence-electron chi connectivity index (χ3n) is 23.0. The number of Topliss-reactive ketones (excluding diaryl/α,β-unsaturated/α-hetero) is 3. The number of aromatic carboxylic acids is 1. The Morgan fingerprint density at radius 2 is 1.14 bits per heavy atom. The third kappa shape index (κ3) is 28.8. The molecule has 6 saturated carbocycles. The minimum atomic E-state index is -1.27. The number of para-hydroxylation sites is 3. The van der Waals surface area contributed by atoms with Gasteiger partial charge in [-0.1, -0.05) is 86.6 Å². The average Bonchev–Trinajstić information content (AvgIpc) is 1.67. The fourth-order valence-corrected chi connectivity index (χ4v) is 17.1. The van der Waals surface area contributed by atoms with Crippen LogP contribution < -0.4 is 25.2 Å². The number of ketones is 3. The summed E-state index contributed by atoms with van der Waals surface area (Å²) in [6.07, 6.45) is 19.0. The Morgan fingerprint density at radius 3 is 1.55 bits per heavy atom. The predicted molar refractivity (Wildman–Crippen MR) is 479 cm³/mol. The van der Waals surface area contributed by atoms with Crippen LogP contribution in [0.3, 0.4) is 0 Å². The number of hydrogen-bond donors (Lipinski definition) is 5. The van der Waals surface area contributed by atoms with Gasteiger partial charge >= 0.3 is 89.4 Å². The maximum atomic E-state index is 13.5. The van der Waals surface area contributed by atoms with Crippen molar-refractivity contribution in [1.29, 1.82) is 0 Å². The molecule has 6 aliphatic carbocycles. The Hall–Kier alpha value is -7.93. The first-order valence-electron chi connectivity index (χ1n) is 40.9. The number of aliphatic carboxylic acids is 1. The molecule has 3 aromatic carbocycles. The Morgan fingerprint density at radius 1 is 0.704 bits per heavy atom. The molecule has 125 heavy (non-hydrogen) atoms. The van der Waals surface area contributed by atoms with E-state index in [9.17, 15) is 43.7 Å². The van der Waals surface area contributed by atoms with Gasteiger partial charge < -0.3 is 73.2 Å². The van der Waals surface area contributed by atoms with E-state index in [4.69, 9.17) is 109 Å². The Labute approximate surface area is 767 Å². The fourth-order valence-electron chi connectivity index (χ4n) is 17.1. The number of carboxylic acids is 2. The van der Waals surface area contributed by atoms with Crippen molar-refractivity contribution in [2.75, 3.05) is 33.9 Å². The molecule has 5 heterocycles. The van der Waals surface area contributed by atoms with Gasteiger partial charge in [-0.25, -0.2) is 24.0 Å². The number of azide groups is 1. The number of carboxylic acid groups (broad SMARTS) is 2. The Kier molecular flexibility index (Phi) is 39.3. The number of esters is 2. The van der Waals surface area contributed by atoms with Gasteiger partial charge in [-0.2, -0.15) is 34.4 Å². The minimum absolute atomic E-state index is 0.00251. The molecule has 41 heteroatoms. The molecule has 6 N–H and O–H groups in total. The number of methoxy groups -OCH3 is 2. The molecule has 3 aliphatic heterocycles. The molecule has 32 nitrogen and oxygen atoms in total. The number of alkyl carbamates (subject to hydrolysis) is 1. The van der Waals surface area contributed by atoms with Crippen LogP contribution in [0, 0.1) is 59.2 Å². The van der Waals surface area contributed by atoms with Crippen molar-refractivity contribution in [1.82, 2.24) is 35.3 Å². The number of nitrogens with two attached hydrogens (primary N) is 1. The fraction of sp³-hybridized carbons (Fsp3) is 0.595. The first-order chi connectivity index (χ1) is 58.5. The van der Waals surface area contributed by atoms with Crippen molar-refractivity contribution in [3.63, 3.8) is 0 Å². The molecule has 14 rings (SSSR count). The summed E-state index contributed by atoms with van der Waals surface area (Å²) in [6.45, 7) is 34.0. The standard InChI is InChI=1S/C31H44BN3O6.C28H37BO6.C15H17BN4O5.C7H14N4O2.C3H2O2.BCl3.Cu.HI/c1-9-13-35-18-23(33-34-35)24(36)17-21(32-40-26-16-20-15-25(30(20,5)6)31(26,7)41-32)14-19-11-10-12-22(27(19)38-8)28(37)39-29(2,3)4;1-9-20(30)16-19(29-34-23-15-18-14-22(27(18,5)6)28(23,7)35-29)13-17-11-10-12-21(24(17)32-8)25(31)33-26(2,3)4;17-4-5-20-8-12(18-19-20)13(21)7-10-6-9-2-1-3-11(15(22)23)14(9)25-16(10)24;1-7(2,3)13-6(12)9-4-5-10-11-8;1-2-3(4)5;2-1(3)4;;/h10-12,18,20-21,25-26H,9,13-17H2,1-8H3;1,10-12,18-19,22-23H,13-16H2,2-8H3;1-3,8,10,24H,4-7,17H2,(H,22,23);4-5H2,1-3H3,(H,9,12);1H,(H,4,5);;;1H/q;;;;;;+1;/p-1/t20-,21+,25-,26+,31-;18-,19+,22-,23+,28-;10-;;;;;/m001...../s1. The van der Waals surface area contributed by atoms with E-state index in [1.54, 1.807) is 89.4 Å². The molecule has 2 aromatic heterocycles. The molecule has 0 radical (unpaired) electrons. The van der Waals surface area contributed by atoms with E-state index < -0.39 is 84.5 Å². The number of halogens is 4. The van der Waals surface area contributed by atoms with Crippen LogP contribution in [0.5, 0.6) is 17.2 Å². The van der Waals surface area contributed by atoms with Gasteiger partial charge in [0.25, 0.3) is 0 Å². The van der Waals surface area contributed by atoms with Crippen molar-refractivity contribution in [3.05, 3.63) is 122 Å². The molecule has 5 aromatic rings. The summed E-state index contributed by atoms with van der Waals surface area (Å²) in [5, 5.41) is 48.4. The normalized spacial score (nSPS) is 21.9. The number of carbonyl (C=O) groups is 8. The summed E-state index contributed by atoms with van der Waals surface area (Å²) >= 11 is 20.3. The number of terminal acetylenes is 2. The number of fused-ring (bicyclic) bond motifs is 1. The SMILES string of the molecule is C#CC(=O)C[C@@H](Cc1cccc(C(=O)OC(C)(C)C)c1OC)B1O[C@@H]2C[C@@H]3C[C@@H](C3(C)C)[C@]2(C)O1.C#CC(=O)O.CC(C)(C)OC(=O)NCCN=[N+]=[N-].CCCn1cc(C(=O)C[C@@H](Cc2cccc(C(=O)OC(C)(C)C)c2OC)B2O[C@@H]3C[C@@H]4C[C@@H](C4(C)C)[C@]3(C)O2)nn1.ClB(Cl)Cl.NCCn1cc(C(=O)C[C@H]2Cc3cccc(C(=O)O)c3OB2O)nn1.[Cu][I]. The van der Waals surface area contributed by atoms with Crippen molar-refractivity contribution in [2.45, 2.75) is 252 Å². The predicted octanol–water partition coefficient (Wildman–Crippen LogP) is 14.5. The first kappa shape index (κ1) is 106. The number of benzene rings is 3. The van der Waals surface area contributed by atoms with Crippen molar-refractivity contribution in [2.24, 2.45) is 45.3 Å². The molecular formula is C84H114B4Cl3CuIN11O21. The van der Waals surface area contributed by atoms with Crippen LogP contribution in [0.4, 0.5) is 4.79 Å². The van der Waals surface area contributed by atoms with Gasteiger partial charge in [0.05, 0.1) is 62.1 Å². The topological polar surface area (TPSA) is 438 Å². The zero-order valence-electron chi connectivity index (χ0n) is 73.9. The van der Waals surface area contributed by atoms with Gasteiger partial charge in [0.1, 0.15) is 56.6 Å². The molecule has 0 unspecified atom stereocenters. The van der Waals surface area contributed by atoms with Gasteiger partial charge in [0, 0.05) is 73.7 Å². The molecule has 1 amide bonds. The first-order valence-corrected chi connectivity index (χ1v) is 45.3. The van der Waals surface area contributed by atoms with Gasteiger partial charge in [-0.15, -0.1) is 23.0 Å². The van der Waals surface area contributed by atoms with Crippen LogP contribution in [0.25, 0.3) is 10.4 Å². The second-order valence-electron chi connectivity index (χ2n) is 35.8. The number of aryl methyl sites for hydroxylation is 1. The van der Waals surface area contributed by atoms with Gasteiger partial charge in [-0.3, -0.25) is 23.7 Å². The van der Waals surface area contributed by atoms with Gasteiger partial charge in [-0.05, 0) is 208 Å². The van der Waals surface area contributed by atoms with Crippen LogP contribution in [-0.4, -0.2) is 193 Å². The third-order valence-corrected chi connectivity index (χ3v) is 23.0. The number of rotatable bonds is 26. The molecule has 8 fully saturated rings. The monoisotopic (exact) mass is 1950 g/mol. The molecule has 0 spiro atoms. The van der Waals surface area contributed by atoms with Crippen LogP contribution in [0.1, 0.15) is 231 Å². The number of hydrogen-bond acceptors (Lipinski definition) is 25. The summed E-state index contributed by atoms with van der Waals surface area (Å²) in [5.74, 6) is 1.69. The summed E-state index contributed by atoms with van der Waals surface area (Å²) in [6, 6.07) is 15.6. The second kappa shape index (κ2) is 46.4. The van der Waals surface area contributed by atoms with E-state index >= 15 is 0 Å². The zero-order chi connectivity index (χ0) is 93.7. The van der Waals surface area contributed by atoms with E-state index in [1.165, 1.54) is 30.0 Å². The summed E-state index contributed by atoms with van der Waals surface area (Å²) in [5.41, 5.74) is 14.7. The van der Waals surface area contributed by atoms with E-state index in [2.05, 4.69) is 110 Å². The van der Waals surface area contributed by atoms with E-state index in [0.29, 0.717) is 103 Å². The Bertz CT molecular complexity index is 4720. The van der Waals surface area contributed by atoms with Crippen molar-refractivity contribution in [3.8, 4) is 41.9 Å². The average molecular weight is 1950 g/mol. The number of nitrogens with zero attached hydrogens (tertiary/aromatic N) is 9. The number of carbonyl (C=O) groups excluding carboxylic acids is 6. The number of aromatic nitrogens is 6. The molecule has 682 valence electrons. The molecule has 4 bridgehead atoms. The molecular weight excluding hydrogens is 1840 g/mol. The van der Waals surface area contributed by atoms with E-state index in [-0.39, 0.29) is 100 Å². The second-order valence-corrected chi connectivity index (χ2v) is 37.8. The van der Waals surface area contributed by atoms with Crippen LogP contribution >= 0.6 is 54.7 Å². The van der Waals surface area contributed by atoms with Crippen molar-refractivity contribution < 1.29 is 113 Å². The summed E-state index contributed by atoms with van der Waals surface area (Å²) in [7, 11) is 0.668. The summed E-state index contributed by atoms with van der Waals surface area (Å²) in [4.78, 5) is 97.3. The quantitative estimate of drug-likeness (QED) is 0.00293. The number of nitrogens with one attached hydrogen (secondary N) is 1. The number of amides is 1. The van der Waals surface area contributed by atoms with Crippen LogP contribution in [0.2, 0.25) is 17.5 Å². The zero-order valence-corrected chi connectivity index (χ0v) is 79.3. The van der Waals surface area contributed by atoms with E-state index in [0.717, 1.165) is 43.2 Å². The number of ether oxygens (including phenoxy) is 5. The van der Waals surface area contributed by atoms with Crippen molar-refractivity contribution >= 4 is 128 Å². The van der Waals surface area contributed by atoms with Gasteiger partial charge in [0.15, 0.2) is 11.6 Å². The maximum absolute atomic E-state index is 13.5. The van der Waals surface area contributed by atoms with Crippen LogP contribution in [0.15, 0.2) is 72.1 Å². The molecule has 9 aliphatic rings.